The molecule has 0 aliphatic rings. The Bertz CT molecular complexity index is 399. The third-order valence-corrected chi connectivity index (χ3v) is 3.11. The Hall–Kier alpha value is -1.17. The average molecular weight is 282 g/mol. The lowest BCUT2D eigenvalue weighted by molar-refractivity contribution is 0.189. The summed E-state index contributed by atoms with van der Waals surface area (Å²) in [4.78, 5) is 2.57. The molecule has 0 amide bonds. The number of hydrogen-bond acceptors (Lipinski definition) is 4. The van der Waals surface area contributed by atoms with Crippen LogP contribution in [0.2, 0.25) is 0 Å². The van der Waals surface area contributed by atoms with Gasteiger partial charge in [-0.3, -0.25) is 0 Å². The molecule has 0 saturated heterocycles. The van der Waals surface area contributed by atoms with Crippen LogP contribution < -0.4 is 10.5 Å². The molecule has 0 saturated carbocycles. The first-order chi connectivity index (χ1) is 9.17. The monoisotopic (exact) mass is 282 g/mol. The van der Waals surface area contributed by atoms with Gasteiger partial charge >= 0.3 is 0 Å². The molecule has 1 aromatic rings. The van der Waals surface area contributed by atoms with Crippen LogP contribution in [0.25, 0.3) is 0 Å². The van der Waals surface area contributed by atoms with Gasteiger partial charge in [0.05, 0.1) is 13.2 Å². The second kappa shape index (κ2) is 8.85. The predicted molar refractivity (Wildman–Crippen MR) is 81.6 cm³/mol. The highest BCUT2D eigenvalue weighted by molar-refractivity contribution is 7.80. The number of hydrogen-bond donors (Lipinski definition) is 2. The number of aliphatic hydroxyl groups is 1. The number of thiocarbonyl (C=S) groups is 1. The van der Waals surface area contributed by atoms with Crippen molar-refractivity contribution >= 4 is 17.2 Å². The molecular weight excluding hydrogens is 260 g/mol. The molecule has 106 valence electrons. The highest BCUT2D eigenvalue weighted by Gasteiger charge is 2.02. The zero-order valence-electron chi connectivity index (χ0n) is 11.3. The van der Waals surface area contributed by atoms with E-state index in [0.717, 1.165) is 30.8 Å². The molecule has 0 heterocycles. The molecule has 0 radical (unpaired) electrons. The molecule has 0 spiro atoms. The maximum atomic E-state index is 8.89. The van der Waals surface area contributed by atoms with E-state index < -0.39 is 0 Å². The van der Waals surface area contributed by atoms with Crippen molar-refractivity contribution in [2.45, 2.75) is 13.3 Å². The van der Waals surface area contributed by atoms with Crippen LogP contribution in [0.3, 0.4) is 0 Å². The van der Waals surface area contributed by atoms with E-state index in [9.17, 15) is 0 Å². The Morgan fingerprint density at radius 2 is 2.21 bits per heavy atom. The molecular formula is C14H22N2O2S. The average Bonchev–Trinajstić information content (AvgIpc) is 2.42. The van der Waals surface area contributed by atoms with Crippen LogP contribution in [0.1, 0.15) is 18.9 Å². The minimum Gasteiger partial charge on any atom is -0.494 e. The molecule has 4 nitrogen and oxygen atoms in total. The van der Waals surface area contributed by atoms with Crippen molar-refractivity contribution in [1.29, 1.82) is 0 Å². The maximum absolute atomic E-state index is 8.89. The molecule has 3 N–H and O–H groups in total. The Balaban J connectivity index is 2.33. The lowest BCUT2D eigenvalue weighted by Gasteiger charge is -2.18. The SMILES string of the molecule is CCN(CCO)CCCOc1cccc(C(N)=S)c1. The van der Waals surface area contributed by atoms with Crippen LogP contribution in [-0.2, 0) is 0 Å². The standard InChI is InChI=1S/C14H22N2O2S/c1-2-16(8-9-17)7-4-10-18-13-6-3-5-12(11-13)14(15)19/h3,5-6,11,17H,2,4,7-10H2,1H3,(H2,15,19). The van der Waals surface area contributed by atoms with Crippen LogP contribution in [0.4, 0.5) is 0 Å². The number of ether oxygens (including phenoxy) is 1. The van der Waals surface area contributed by atoms with Gasteiger partial charge in [-0.1, -0.05) is 31.3 Å². The van der Waals surface area contributed by atoms with Crippen LogP contribution >= 0.6 is 12.2 Å². The zero-order chi connectivity index (χ0) is 14.1. The molecule has 0 unspecified atom stereocenters. The normalized spacial score (nSPS) is 10.7. The summed E-state index contributed by atoms with van der Waals surface area (Å²) >= 11 is 4.93. The van der Waals surface area contributed by atoms with Crippen LogP contribution in [0.5, 0.6) is 5.75 Å². The fraction of sp³-hybridized carbons (Fsp3) is 0.500. The van der Waals surface area contributed by atoms with Gasteiger partial charge in [-0.2, -0.15) is 0 Å². The molecule has 0 aliphatic carbocycles. The Morgan fingerprint density at radius 1 is 1.42 bits per heavy atom. The highest BCUT2D eigenvalue weighted by Crippen LogP contribution is 2.13. The lowest BCUT2D eigenvalue weighted by atomic mass is 10.2. The van der Waals surface area contributed by atoms with Crippen LogP contribution in [0, 0.1) is 0 Å². The first kappa shape index (κ1) is 15.9. The highest BCUT2D eigenvalue weighted by atomic mass is 32.1. The largest absolute Gasteiger partial charge is 0.494 e. The first-order valence-electron chi connectivity index (χ1n) is 6.53. The van der Waals surface area contributed by atoms with Gasteiger partial charge in [0.2, 0.25) is 0 Å². The third-order valence-electron chi connectivity index (χ3n) is 2.87. The number of aliphatic hydroxyl groups excluding tert-OH is 1. The minimum atomic E-state index is 0.199. The van der Waals surface area contributed by atoms with Crippen molar-refractivity contribution < 1.29 is 9.84 Å². The Labute approximate surface area is 120 Å². The van der Waals surface area contributed by atoms with E-state index in [1.54, 1.807) is 0 Å². The van der Waals surface area contributed by atoms with Gasteiger partial charge < -0.3 is 20.5 Å². The van der Waals surface area contributed by atoms with Crippen molar-refractivity contribution in [2.75, 3.05) is 32.8 Å². The van der Waals surface area contributed by atoms with Gasteiger partial charge in [0.1, 0.15) is 10.7 Å². The smallest absolute Gasteiger partial charge is 0.119 e. The second-order valence-electron chi connectivity index (χ2n) is 4.25. The molecule has 1 rings (SSSR count). The summed E-state index contributed by atoms with van der Waals surface area (Å²) in [6.07, 6.45) is 0.922. The van der Waals surface area contributed by atoms with Crippen molar-refractivity contribution in [3.8, 4) is 5.75 Å². The summed E-state index contributed by atoms with van der Waals surface area (Å²) in [5.74, 6) is 0.788. The minimum absolute atomic E-state index is 0.199. The first-order valence-corrected chi connectivity index (χ1v) is 6.94. The summed E-state index contributed by atoms with van der Waals surface area (Å²) in [6, 6.07) is 7.50. The summed E-state index contributed by atoms with van der Waals surface area (Å²) in [7, 11) is 0. The molecule has 0 bridgehead atoms. The van der Waals surface area contributed by atoms with Gasteiger partial charge in [-0.25, -0.2) is 0 Å². The number of likely N-dealkylation sites (N-methyl/N-ethyl adjacent to an activating group) is 1. The van der Waals surface area contributed by atoms with E-state index in [1.807, 2.05) is 24.3 Å². The Morgan fingerprint density at radius 3 is 2.84 bits per heavy atom. The molecule has 0 atom stereocenters. The fourth-order valence-electron chi connectivity index (χ4n) is 1.79. The molecule has 5 heteroatoms. The van der Waals surface area contributed by atoms with E-state index in [4.69, 9.17) is 27.8 Å². The van der Waals surface area contributed by atoms with Crippen molar-refractivity contribution in [3.63, 3.8) is 0 Å². The van der Waals surface area contributed by atoms with Gasteiger partial charge in [-0.05, 0) is 25.1 Å². The summed E-state index contributed by atoms with van der Waals surface area (Å²) in [5, 5.41) is 8.89. The van der Waals surface area contributed by atoms with E-state index in [-0.39, 0.29) is 6.61 Å². The van der Waals surface area contributed by atoms with Crippen molar-refractivity contribution in [2.24, 2.45) is 5.73 Å². The number of rotatable bonds is 9. The zero-order valence-corrected chi connectivity index (χ0v) is 12.2. The molecule has 0 aliphatic heterocycles. The van der Waals surface area contributed by atoms with Gasteiger partial charge in [0, 0.05) is 18.7 Å². The molecule has 19 heavy (non-hydrogen) atoms. The quantitative estimate of drug-likeness (QED) is 0.530. The van der Waals surface area contributed by atoms with Gasteiger partial charge in [0.25, 0.3) is 0 Å². The third kappa shape index (κ3) is 6.00. The van der Waals surface area contributed by atoms with Crippen molar-refractivity contribution in [3.05, 3.63) is 29.8 Å². The van der Waals surface area contributed by atoms with E-state index in [1.165, 1.54) is 0 Å². The summed E-state index contributed by atoms with van der Waals surface area (Å²) in [6.45, 7) is 5.51. The topological polar surface area (TPSA) is 58.7 Å². The molecule has 0 fully saturated rings. The predicted octanol–water partition coefficient (Wildman–Crippen LogP) is 1.40. The molecule has 1 aromatic carbocycles. The second-order valence-corrected chi connectivity index (χ2v) is 4.69. The maximum Gasteiger partial charge on any atom is 0.119 e. The van der Waals surface area contributed by atoms with E-state index >= 15 is 0 Å². The number of nitrogens with two attached hydrogens (primary N) is 1. The summed E-state index contributed by atoms with van der Waals surface area (Å²) in [5.41, 5.74) is 6.40. The van der Waals surface area contributed by atoms with Gasteiger partial charge in [-0.15, -0.1) is 0 Å². The van der Waals surface area contributed by atoms with Crippen LogP contribution in [-0.4, -0.2) is 47.8 Å². The van der Waals surface area contributed by atoms with Crippen molar-refractivity contribution in [1.82, 2.24) is 4.90 Å². The van der Waals surface area contributed by atoms with Crippen LogP contribution in [0.15, 0.2) is 24.3 Å². The summed E-state index contributed by atoms with van der Waals surface area (Å²) < 4.78 is 5.67. The lowest BCUT2D eigenvalue weighted by Crippen LogP contribution is -2.28. The van der Waals surface area contributed by atoms with E-state index in [2.05, 4.69) is 11.8 Å². The molecule has 0 aromatic heterocycles. The van der Waals surface area contributed by atoms with Gasteiger partial charge in [0.15, 0.2) is 0 Å². The van der Waals surface area contributed by atoms with E-state index in [0.29, 0.717) is 18.1 Å². The Kier molecular flexibility index (Phi) is 7.40. The fourth-order valence-corrected chi connectivity index (χ4v) is 1.91. The number of nitrogens with zero attached hydrogens (tertiary/aromatic N) is 1. The number of benzene rings is 1.